The number of hydrogen-bond donors (Lipinski definition) is 1. The van der Waals surface area contributed by atoms with Gasteiger partial charge in [-0.25, -0.2) is 0 Å². The maximum absolute atomic E-state index is 10.7. The van der Waals surface area contributed by atoms with Crippen LogP contribution in [0, 0.1) is 0 Å². The van der Waals surface area contributed by atoms with E-state index in [9.17, 15) is 4.79 Å². The minimum atomic E-state index is -0.0589. The molecule has 0 aliphatic carbocycles. The van der Waals surface area contributed by atoms with Crippen LogP contribution in [0.4, 0.5) is 0 Å². The lowest BCUT2D eigenvalue weighted by molar-refractivity contribution is -0.119. The molecule has 1 N–H and O–H groups in total. The SMILES string of the molecule is COCCOCCOCCOCCOCCOCCOCCOCCOCCOCCNC(C)=O. The molecule has 0 aromatic carbocycles. The Kier molecular flexibility index (Phi) is 30.3. The number of rotatable bonds is 30. The highest BCUT2D eigenvalue weighted by atomic mass is 16.6. The van der Waals surface area contributed by atoms with Gasteiger partial charge in [-0.05, 0) is 0 Å². The predicted molar refractivity (Wildman–Crippen MR) is 128 cm³/mol. The third-order valence-corrected chi connectivity index (χ3v) is 4.03. The lowest BCUT2D eigenvalue weighted by Crippen LogP contribution is -2.25. The molecular formula is C23H47NO11. The summed E-state index contributed by atoms with van der Waals surface area (Å²) in [6.07, 6.45) is 0. The van der Waals surface area contributed by atoms with Crippen LogP contribution in [0.1, 0.15) is 6.92 Å². The standard InChI is InChI=1S/C23H47NO11/c1-23(25)24-3-4-27-7-8-29-11-12-31-15-16-33-19-20-35-22-21-34-18-17-32-14-13-30-10-9-28-6-5-26-2/h3-22H2,1-2H3,(H,24,25). The molecule has 0 aliphatic heterocycles. The van der Waals surface area contributed by atoms with E-state index < -0.39 is 0 Å². The van der Waals surface area contributed by atoms with Crippen LogP contribution in [-0.4, -0.2) is 145 Å². The molecular weight excluding hydrogens is 466 g/mol. The van der Waals surface area contributed by atoms with Gasteiger partial charge in [0.05, 0.1) is 126 Å². The van der Waals surface area contributed by atoms with Gasteiger partial charge in [0.2, 0.25) is 5.91 Å². The molecule has 0 atom stereocenters. The quantitative estimate of drug-likeness (QED) is 0.130. The Bertz CT molecular complexity index is 419. The van der Waals surface area contributed by atoms with Gasteiger partial charge in [-0.2, -0.15) is 0 Å². The van der Waals surface area contributed by atoms with Crippen LogP contribution in [0.2, 0.25) is 0 Å². The number of nitrogens with one attached hydrogen (secondary N) is 1. The third-order valence-electron chi connectivity index (χ3n) is 4.03. The molecule has 0 radical (unpaired) electrons. The van der Waals surface area contributed by atoms with E-state index in [-0.39, 0.29) is 5.91 Å². The van der Waals surface area contributed by atoms with Gasteiger partial charge in [-0.3, -0.25) is 4.79 Å². The monoisotopic (exact) mass is 513 g/mol. The van der Waals surface area contributed by atoms with Gasteiger partial charge in [0, 0.05) is 20.6 Å². The summed E-state index contributed by atoms with van der Waals surface area (Å²) in [5.41, 5.74) is 0. The summed E-state index contributed by atoms with van der Waals surface area (Å²) in [4.78, 5) is 10.7. The van der Waals surface area contributed by atoms with E-state index in [1.165, 1.54) is 6.92 Å². The summed E-state index contributed by atoms with van der Waals surface area (Å²) < 4.78 is 53.3. The lowest BCUT2D eigenvalue weighted by atomic mass is 10.6. The zero-order valence-electron chi connectivity index (χ0n) is 21.6. The Morgan fingerprint density at radius 1 is 0.429 bits per heavy atom. The molecule has 0 bridgehead atoms. The summed E-state index contributed by atoms with van der Waals surface area (Å²) in [7, 11) is 1.64. The smallest absolute Gasteiger partial charge is 0.216 e. The molecule has 1 amide bonds. The van der Waals surface area contributed by atoms with Gasteiger partial charge in [-0.15, -0.1) is 0 Å². The molecule has 0 fully saturated rings. The third kappa shape index (κ3) is 33.1. The van der Waals surface area contributed by atoms with Crippen molar-refractivity contribution in [1.82, 2.24) is 5.32 Å². The maximum Gasteiger partial charge on any atom is 0.216 e. The first-order valence-corrected chi connectivity index (χ1v) is 12.2. The number of amides is 1. The van der Waals surface area contributed by atoms with Crippen molar-refractivity contribution < 1.29 is 52.2 Å². The second-order valence-electron chi connectivity index (χ2n) is 6.99. The van der Waals surface area contributed by atoms with Crippen LogP contribution in [0.25, 0.3) is 0 Å². The van der Waals surface area contributed by atoms with Crippen LogP contribution in [0.15, 0.2) is 0 Å². The van der Waals surface area contributed by atoms with Crippen LogP contribution >= 0.6 is 0 Å². The summed E-state index contributed by atoms with van der Waals surface area (Å²) in [6, 6.07) is 0. The normalized spacial score (nSPS) is 11.3. The molecule has 0 aromatic rings. The number of hydrogen-bond acceptors (Lipinski definition) is 11. The molecule has 12 nitrogen and oxygen atoms in total. The molecule has 12 heteroatoms. The minimum absolute atomic E-state index is 0.0589. The van der Waals surface area contributed by atoms with Crippen LogP contribution < -0.4 is 5.32 Å². The minimum Gasteiger partial charge on any atom is -0.382 e. The predicted octanol–water partition coefficient (Wildman–Crippen LogP) is -0.0817. The molecule has 0 saturated heterocycles. The summed E-state index contributed by atoms with van der Waals surface area (Å²) in [5, 5.41) is 2.65. The van der Waals surface area contributed by atoms with E-state index in [0.29, 0.717) is 132 Å². The molecule has 35 heavy (non-hydrogen) atoms. The second kappa shape index (κ2) is 31.1. The lowest BCUT2D eigenvalue weighted by Gasteiger charge is -2.09. The zero-order valence-corrected chi connectivity index (χ0v) is 21.6. The summed E-state index contributed by atoms with van der Waals surface area (Å²) in [5.74, 6) is -0.0589. The fourth-order valence-electron chi connectivity index (χ4n) is 2.30. The van der Waals surface area contributed by atoms with E-state index in [2.05, 4.69) is 5.32 Å². The highest BCUT2D eigenvalue weighted by molar-refractivity contribution is 5.72. The molecule has 0 aromatic heterocycles. The van der Waals surface area contributed by atoms with Crippen LogP contribution in [0.5, 0.6) is 0 Å². The fraction of sp³-hybridized carbons (Fsp3) is 0.957. The zero-order chi connectivity index (χ0) is 25.5. The topological polar surface area (TPSA) is 121 Å². The average Bonchev–Trinajstić information content (AvgIpc) is 2.85. The Morgan fingerprint density at radius 2 is 0.657 bits per heavy atom. The number of carbonyl (C=O) groups is 1. The van der Waals surface area contributed by atoms with E-state index in [1.807, 2.05) is 0 Å². The molecule has 0 heterocycles. The van der Waals surface area contributed by atoms with Gasteiger partial charge >= 0.3 is 0 Å². The first-order valence-electron chi connectivity index (χ1n) is 12.2. The van der Waals surface area contributed by atoms with Gasteiger partial charge in [0.1, 0.15) is 0 Å². The van der Waals surface area contributed by atoms with Crippen LogP contribution in [-0.2, 0) is 52.2 Å². The molecule has 0 unspecified atom stereocenters. The highest BCUT2D eigenvalue weighted by Gasteiger charge is 1.96. The molecule has 0 aliphatic rings. The Labute approximate surface area is 210 Å². The van der Waals surface area contributed by atoms with Gasteiger partial charge in [0.25, 0.3) is 0 Å². The Hall–Kier alpha value is -0.930. The van der Waals surface area contributed by atoms with Crippen molar-refractivity contribution >= 4 is 5.91 Å². The fourth-order valence-corrected chi connectivity index (χ4v) is 2.30. The average molecular weight is 514 g/mol. The molecule has 0 saturated carbocycles. The summed E-state index contributed by atoms with van der Waals surface area (Å²) >= 11 is 0. The second-order valence-corrected chi connectivity index (χ2v) is 6.99. The van der Waals surface area contributed by atoms with Crippen LogP contribution in [0.3, 0.4) is 0 Å². The van der Waals surface area contributed by atoms with Crippen molar-refractivity contribution in [2.45, 2.75) is 6.92 Å². The summed E-state index contributed by atoms with van der Waals surface area (Å²) in [6.45, 7) is 11.9. The van der Waals surface area contributed by atoms with Crippen molar-refractivity contribution in [2.75, 3.05) is 139 Å². The number of carbonyl (C=O) groups excluding carboxylic acids is 1. The Morgan fingerprint density at radius 3 is 0.886 bits per heavy atom. The number of methoxy groups -OCH3 is 1. The highest BCUT2D eigenvalue weighted by Crippen LogP contribution is 1.86. The largest absolute Gasteiger partial charge is 0.382 e. The van der Waals surface area contributed by atoms with Gasteiger partial charge in [0.15, 0.2) is 0 Å². The van der Waals surface area contributed by atoms with Gasteiger partial charge < -0.3 is 52.7 Å². The first kappa shape index (κ1) is 34.1. The van der Waals surface area contributed by atoms with E-state index in [1.54, 1.807) is 7.11 Å². The van der Waals surface area contributed by atoms with E-state index >= 15 is 0 Å². The maximum atomic E-state index is 10.7. The van der Waals surface area contributed by atoms with Crippen molar-refractivity contribution in [3.8, 4) is 0 Å². The van der Waals surface area contributed by atoms with Crippen molar-refractivity contribution in [3.05, 3.63) is 0 Å². The van der Waals surface area contributed by atoms with E-state index in [4.69, 9.17) is 47.4 Å². The molecule has 0 rings (SSSR count). The number of ether oxygens (including phenoxy) is 10. The first-order chi connectivity index (χ1) is 17.3. The molecule has 210 valence electrons. The van der Waals surface area contributed by atoms with E-state index in [0.717, 1.165) is 0 Å². The Balaban J connectivity index is 3.01. The van der Waals surface area contributed by atoms with Crippen molar-refractivity contribution in [3.63, 3.8) is 0 Å². The van der Waals surface area contributed by atoms with Crippen molar-refractivity contribution in [2.24, 2.45) is 0 Å². The van der Waals surface area contributed by atoms with Gasteiger partial charge in [-0.1, -0.05) is 0 Å². The van der Waals surface area contributed by atoms with Crippen molar-refractivity contribution in [1.29, 1.82) is 0 Å². The molecule has 0 spiro atoms.